The molecular weight excluding hydrogens is 252 g/mol. The molecule has 2 N–H and O–H groups in total. The molecule has 0 saturated carbocycles. The van der Waals surface area contributed by atoms with E-state index in [1.807, 2.05) is 19.9 Å². The first-order valence-corrected chi connectivity index (χ1v) is 7.13. The molecule has 0 aromatic carbocycles. The Balaban J connectivity index is 0.00000137. The van der Waals surface area contributed by atoms with Gasteiger partial charge >= 0.3 is 0 Å². The third-order valence-electron chi connectivity index (χ3n) is 2.15. The van der Waals surface area contributed by atoms with E-state index in [0.29, 0.717) is 4.91 Å². The van der Waals surface area contributed by atoms with Gasteiger partial charge in [-0.15, -0.1) is 0 Å². The molecule has 0 spiro atoms. The lowest BCUT2D eigenvalue weighted by Crippen LogP contribution is -2.10. The highest BCUT2D eigenvalue weighted by molar-refractivity contribution is 8.01. The molecule has 0 aromatic rings. The molecule has 0 aliphatic heterocycles. The van der Waals surface area contributed by atoms with Crippen LogP contribution in [0.15, 0.2) is 22.8 Å². The second-order valence-electron chi connectivity index (χ2n) is 3.42. The van der Waals surface area contributed by atoms with Crippen molar-refractivity contribution >= 4 is 11.9 Å². The molecule has 0 unspecified atom stereocenters. The number of nitrogens with zero attached hydrogens (tertiary/aromatic N) is 1. The molecule has 1 aliphatic rings. The molecule has 0 amide bonds. The molecule has 0 aromatic heterocycles. The molecule has 6 heteroatoms. The number of allylic oxidation sites excluding steroid dienone is 2. The van der Waals surface area contributed by atoms with E-state index in [4.69, 9.17) is 5.11 Å². The van der Waals surface area contributed by atoms with Gasteiger partial charge in [0, 0.05) is 13.2 Å². The summed E-state index contributed by atoms with van der Waals surface area (Å²) >= 11 is 1.30. The number of nitro groups is 1. The first-order chi connectivity index (χ1) is 8.75. The summed E-state index contributed by atoms with van der Waals surface area (Å²) in [4.78, 5) is 11.1. The number of hydrogen-bond donors (Lipinski definition) is 2. The smallest absolute Gasteiger partial charge is 0.279 e. The van der Waals surface area contributed by atoms with E-state index in [1.54, 1.807) is 6.08 Å². The van der Waals surface area contributed by atoms with Gasteiger partial charge in [-0.2, -0.15) is 0 Å². The van der Waals surface area contributed by atoms with Crippen LogP contribution >= 0.6 is 11.9 Å². The van der Waals surface area contributed by atoms with Crippen molar-refractivity contribution in [3.63, 3.8) is 0 Å². The molecule has 5 nitrogen and oxygen atoms in total. The predicted octanol–water partition coefficient (Wildman–Crippen LogP) is 2.86. The molecule has 1 rings (SSSR count). The van der Waals surface area contributed by atoms with E-state index >= 15 is 0 Å². The molecule has 0 fully saturated rings. The lowest BCUT2D eigenvalue weighted by Gasteiger charge is -2.09. The van der Waals surface area contributed by atoms with Crippen LogP contribution < -0.4 is 4.72 Å². The molecule has 104 valence electrons. The predicted molar refractivity (Wildman–Crippen MR) is 75.7 cm³/mol. The fraction of sp³-hybridized carbons (Fsp3) is 0.667. The standard InChI is InChI=1S/C10H16N2O3S.C2H6/c13-8-4-3-7-11-16-10-6-2-1-5-9(10)12(14)15;1-2/h5-6,11,13H,1-4,7-8H2;1-2H3. The second-order valence-corrected chi connectivity index (χ2v) is 4.35. The maximum Gasteiger partial charge on any atom is 0.279 e. The van der Waals surface area contributed by atoms with Gasteiger partial charge in [0.2, 0.25) is 0 Å². The largest absolute Gasteiger partial charge is 0.396 e. The number of hydrogen-bond acceptors (Lipinski definition) is 5. The van der Waals surface area contributed by atoms with Crippen LogP contribution in [-0.2, 0) is 0 Å². The fourth-order valence-electron chi connectivity index (χ4n) is 1.34. The minimum absolute atomic E-state index is 0.190. The first kappa shape index (κ1) is 17.2. The van der Waals surface area contributed by atoms with Crippen molar-refractivity contribution in [1.29, 1.82) is 0 Å². The highest BCUT2D eigenvalue weighted by Gasteiger charge is 2.19. The Morgan fingerprint density at radius 1 is 1.39 bits per heavy atom. The van der Waals surface area contributed by atoms with Crippen LogP contribution in [0.5, 0.6) is 0 Å². The molecule has 0 radical (unpaired) electrons. The molecular formula is C12H22N2O3S. The van der Waals surface area contributed by atoms with Gasteiger partial charge in [-0.3, -0.25) is 14.8 Å². The van der Waals surface area contributed by atoms with Crippen molar-refractivity contribution in [1.82, 2.24) is 4.72 Å². The van der Waals surface area contributed by atoms with Gasteiger partial charge < -0.3 is 5.11 Å². The lowest BCUT2D eigenvalue weighted by molar-refractivity contribution is -0.420. The average molecular weight is 274 g/mol. The average Bonchev–Trinajstić information content (AvgIpc) is 2.41. The molecule has 0 atom stereocenters. The monoisotopic (exact) mass is 274 g/mol. The molecule has 18 heavy (non-hydrogen) atoms. The van der Waals surface area contributed by atoms with Crippen molar-refractivity contribution in [2.24, 2.45) is 0 Å². The van der Waals surface area contributed by atoms with E-state index in [0.717, 1.165) is 32.2 Å². The zero-order chi connectivity index (χ0) is 13.8. The summed E-state index contributed by atoms with van der Waals surface area (Å²) in [7, 11) is 0. The van der Waals surface area contributed by atoms with E-state index < -0.39 is 0 Å². The second kappa shape index (κ2) is 11.3. The van der Waals surface area contributed by atoms with Gasteiger partial charge in [0.25, 0.3) is 5.70 Å². The van der Waals surface area contributed by atoms with Gasteiger partial charge in [0.1, 0.15) is 0 Å². The van der Waals surface area contributed by atoms with Gasteiger partial charge in [-0.1, -0.05) is 19.9 Å². The van der Waals surface area contributed by atoms with E-state index in [-0.39, 0.29) is 17.2 Å². The summed E-state index contributed by atoms with van der Waals surface area (Å²) < 4.78 is 3.07. The van der Waals surface area contributed by atoms with Crippen molar-refractivity contribution in [3.8, 4) is 0 Å². The third-order valence-corrected chi connectivity index (χ3v) is 3.10. The van der Waals surface area contributed by atoms with Crippen LogP contribution in [0.2, 0.25) is 0 Å². The highest BCUT2D eigenvalue weighted by atomic mass is 32.2. The summed E-state index contributed by atoms with van der Waals surface area (Å²) in [6, 6.07) is 0. The lowest BCUT2D eigenvalue weighted by atomic mass is 10.1. The van der Waals surface area contributed by atoms with Gasteiger partial charge in [-0.25, -0.2) is 0 Å². The minimum Gasteiger partial charge on any atom is -0.396 e. The topological polar surface area (TPSA) is 75.4 Å². The zero-order valence-corrected chi connectivity index (χ0v) is 11.8. The maximum absolute atomic E-state index is 10.7. The number of aliphatic hydroxyl groups is 1. The van der Waals surface area contributed by atoms with Gasteiger partial charge in [0.15, 0.2) is 0 Å². The van der Waals surface area contributed by atoms with Crippen molar-refractivity contribution in [2.75, 3.05) is 13.2 Å². The van der Waals surface area contributed by atoms with Crippen LogP contribution in [0.3, 0.4) is 0 Å². The SMILES string of the molecule is CC.O=[N+]([O-])C1=CCCC=C1SNCCCCO. The Hall–Kier alpha value is -0.850. The van der Waals surface area contributed by atoms with Crippen LogP contribution in [-0.4, -0.2) is 23.2 Å². The van der Waals surface area contributed by atoms with Crippen molar-refractivity contribution < 1.29 is 10.0 Å². The third kappa shape index (κ3) is 6.78. The number of unbranched alkanes of at least 4 members (excludes halogenated alkanes) is 1. The highest BCUT2D eigenvalue weighted by Crippen LogP contribution is 2.27. The number of nitrogens with one attached hydrogen (secondary N) is 1. The van der Waals surface area contributed by atoms with Crippen molar-refractivity contribution in [2.45, 2.75) is 39.5 Å². The summed E-state index contributed by atoms with van der Waals surface area (Å²) in [6.07, 6.45) is 6.78. The van der Waals surface area contributed by atoms with Gasteiger partial charge in [-0.05, 0) is 43.7 Å². The molecule has 0 bridgehead atoms. The van der Waals surface area contributed by atoms with E-state index in [9.17, 15) is 10.1 Å². The Kier molecular flexibility index (Phi) is 10.7. The van der Waals surface area contributed by atoms with Crippen LogP contribution in [0, 0.1) is 10.1 Å². The van der Waals surface area contributed by atoms with Crippen LogP contribution in [0.1, 0.15) is 39.5 Å². The van der Waals surface area contributed by atoms with Crippen LogP contribution in [0.4, 0.5) is 0 Å². The van der Waals surface area contributed by atoms with Crippen LogP contribution in [0.25, 0.3) is 0 Å². The Morgan fingerprint density at radius 2 is 2.06 bits per heavy atom. The first-order valence-electron chi connectivity index (χ1n) is 6.31. The van der Waals surface area contributed by atoms with Gasteiger partial charge in [0.05, 0.1) is 9.83 Å². The van der Waals surface area contributed by atoms with E-state index in [1.165, 1.54) is 11.9 Å². The minimum atomic E-state index is -0.340. The summed E-state index contributed by atoms with van der Waals surface area (Å²) in [5.74, 6) is 0. The normalized spacial score (nSPS) is 14.2. The quantitative estimate of drug-likeness (QED) is 0.323. The van der Waals surface area contributed by atoms with Crippen molar-refractivity contribution in [3.05, 3.63) is 32.9 Å². The molecule has 0 saturated heterocycles. The number of aliphatic hydroxyl groups excluding tert-OH is 1. The fourth-order valence-corrected chi connectivity index (χ4v) is 2.20. The Labute approximate surface area is 113 Å². The molecule has 1 aliphatic carbocycles. The summed E-state index contributed by atoms with van der Waals surface area (Å²) in [5.41, 5.74) is 0.200. The van der Waals surface area contributed by atoms with E-state index in [2.05, 4.69) is 4.72 Å². The Morgan fingerprint density at radius 3 is 2.67 bits per heavy atom. The summed E-state index contributed by atoms with van der Waals surface area (Å²) in [6.45, 7) is 4.93. The zero-order valence-electron chi connectivity index (χ0n) is 11.0. The molecule has 0 heterocycles. The summed E-state index contributed by atoms with van der Waals surface area (Å²) in [5, 5.41) is 19.3. The number of rotatable bonds is 7. The maximum atomic E-state index is 10.7. The Bertz CT molecular complexity index is 304.